The molecule has 2 N–H and O–H groups in total. The molecule has 1 heterocycles. The number of hydrogen-bond donors (Lipinski definition) is 2. The van der Waals surface area contributed by atoms with Crippen LogP contribution in [-0.2, 0) is 9.59 Å². The lowest BCUT2D eigenvalue weighted by Crippen LogP contribution is -2.32. The molecule has 0 aliphatic heterocycles. The number of anilines is 1. The van der Waals surface area contributed by atoms with E-state index in [1.165, 1.54) is 25.7 Å². The number of carbonyl (C=O) groups excluding carboxylic acids is 2. The molecule has 0 atom stereocenters. The lowest BCUT2D eigenvalue weighted by molar-refractivity contribution is -0.136. The summed E-state index contributed by atoms with van der Waals surface area (Å²) in [7, 11) is 1.48. The number of methoxy groups -OCH3 is 1. The number of nitrogens with zero attached hydrogens (tertiary/aromatic N) is 1. The van der Waals surface area contributed by atoms with Crippen LogP contribution in [0.5, 0.6) is 5.75 Å². The van der Waals surface area contributed by atoms with Crippen molar-refractivity contribution in [2.45, 2.75) is 0 Å². The van der Waals surface area contributed by atoms with Gasteiger partial charge in [-0.05, 0) is 30.3 Å². The third-order valence-electron chi connectivity index (χ3n) is 2.52. The fourth-order valence-electron chi connectivity index (χ4n) is 1.50. The maximum atomic E-state index is 11.7. The molecule has 7 nitrogen and oxygen atoms in total. The summed E-state index contributed by atoms with van der Waals surface area (Å²) in [4.78, 5) is 23.2. The second kappa shape index (κ2) is 7.28. The zero-order valence-corrected chi connectivity index (χ0v) is 12.3. The van der Waals surface area contributed by atoms with Gasteiger partial charge in [-0.15, -0.1) is 0 Å². The molecule has 0 radical (unpaired) electrons. The van der Waals surface area contributed by atoms with Crippen molar-refractivity contribution >= 4 is 35.3 Å². The largest absolute Gasteiger partial charge is 0.495 e. The Morgan fingerprint density at radius 2 is 2.14 bits per heavy atom. The maximum Gasteiger partial charge on any atom is 0.329 e. The first kappa shape index (κ1) is 15.6. The average molecular weight is 322 g/mol. The molecule has 0 saturated heterocycles. The van der Waals surface area contributed by atoms with Crippen molar-refractivity contribution in [1.82, 2.24) is 5.43 Å². The van der Waals surface area contributed by atoms with Gasteiger partial charge in [0.05, 0.1) is 24.6 Å². The molecule has 2 rings (SSSR count). The Labute approximate surface area is 130 Å². The Bertz CT molecular complexity index is 698. The van der Waals surface area contributed by atoms with Crippen LogP contribution in [0.3, 0.4) is 0 Å². The van der Waals surface area contributed by atoms with E-state index in [0.717, 1.165) is 0 Å². The van der Waals surface area contributed by atoms with E-state index in [1.54, 1.807) is 24.3 Å². The highest BCUT2D eigenvalue weighted by Gasteiger charge is 2.13. The minimum absolute atomic E-state index is 0.316. The third-order valence-corrected chi connectivity index (χ3v) is 2.81. The summed E-state index contributed by atoms with van der Waals surface area (Å²) < 4.78 is 9.97. The summed E-state index contributed by atoms with van der Waals surface area (Å²) in [6, 6.07) is 7.92. The fraction of sp³-hybridized carbons (Fsp3) is 0.0714. The maximum absolute atomic E-state index is 11.7. The summed E-state index contributed by atoms with van der Waals surface area (Å²) >= 11 is 5.92. The van der Waals surface area contributed by atoms with Crippen molar-refractivity contribution in [3.8, 4) is 5.75 Å². The van der Waals surface area contributed by atoms with E-state index in [2.05, 4.69) is 15.8 Å². The molecule has 0 bridgehead atoms. The molecule has 0 saturated carbocycles. The second-order valence-corrected chi connectivity index (χ2v) is 4.43. The predicted octanol–water partition coefficient (Wildman–Crippen LogP) is 2.03. The Kier molecular flexibility index (Phi) is 5.16. The van der Waals surface area contributed by atoms with Gasteiger partial charge in [-0.25, -0.2) is 5.43 Å². The van der Waals surface area contributed by atoms with Crippen molar-refractivity contribution in [2.24, 2.45) is 5.10 Å². The van der Waals surface area contributed by atoms with Crippen LogP contribution in [0.15, 0.2) is 46.1 Å². The van der Waals surface area contributed by atoms with Crippen molar-refractivity contribution < 1.29 is 18.7 Å². The van der Waals surface area contributed by atoms with Crippen LogP contribution in [-0.4, -0.2) is 25.1 Å². The summed E-state index contributed by atoms with van der Waals surface area (Å²) in [6.07, 6.45) is 2.73. The van der Waals surface area contributed by atoms with Crippen LogP contribution < -0.4 is 15.5 Å². The Balaban J connectivity index is 1.91. The van der Waals surface area contributed by atoms with Crippen LogP contribution >= 0.6 is 11.6 Å². The number of hydrogen-bond acceptors (Lipinski definition) is 5. The van der Waals surface area contributed by atoms with Gasteiger partial charge in [0.15, 0.2) is 0 Å². The molecule has 0 spiro atoms. The highest BCUT2D eigenvalue weighted by molar-refractivity contribution is 6.40. The van der Waals surface area contributed by atoms with Gasteiger partial charge in [0.25, 0.3) is 0 Å². The van der Waals surface area contributed by atoms with Gasteiger partial charge in [-0.3, -0.25) is 9.59 Å². The van der Waals surface area contributed by atoms with E-state index in [-0.39, 0.29) is 0 Å². The van der Waals surface area contributed by atoms with Crippen molar-refractivity contribution in [2.75, 3.05) is 12.4 Å². The molecule has 0 aliphatic rings. The first-order valence-electron chi connectivity index (χ1n) is 6.11. The van der Waals surface area contributed by atoms with Gasteiger partial charge in [0.1, 0.15) is 11.5 Å². The van der Waals surface area contributed by atoms with Crippen LogP contribution in [0.4, 0.5) is 5.69 Å². The highest BCUT2D eigenvalue weighted by Crippen LogP contribution is 2.27. The fourth-order valence-corrected chi connectivity index (χ4v) is 1.76. The number of nitrogens with one attached hydrogen (secondary N) is 2. The molecule has 0 unspecified atom stereocenters. The quantitative estimate of drug-likeness (QED) is 0.512. The Morgan fingerprint density at radius 3 is 2.77 bits per heavy atom. The molecular weight excluding hydrogens is 310 g/mol. The van der Waals surface area contributed by atoms with Crippen LogP contribution in [0.2, 0.25) is 5.02 Å². The van der Waals surface area contributed by atoms with E-state index in [1.807, 2.05) is 0 Å². The van der Waals surface area contributed by atoms with Crippen molar-refractivity contribution in [3.63, 3.8) is 0 Å². The van der Waals surface area contributed by atoms with Gasteiger partial charge >= 0.3 is 11.8 Å². The summed E-state index contributed by atoms with van der Waals surface area (Å²) in [5.74, 6) is -0.887. The number of carbonyl (C=O) groups is 2. The van der Waals surface area contributed by atoms with Gasteiger partial charge < -0.3 is 14.5 Å². The van der Waals surface area contributed by atoms with Crippen molar-refractivity contribution in [3.05, 3.63) is 47.4 Å². The molecular formula is C14H12ClN3O4. The van der Waals surface area contributed by atoms with E-state index in [0.29, 0.717) is 22.2 Å². The minimum atomic E-state index is -0.922. The number of furan rings is 1. The molecule has 0 aliphatic carbocycles. The summed E-state index contributed by atoms with van der Waals surface area (Å²) in [6.45, 7) is 0. The molecule has 1 aromatic carbocycles. The van der Waals surface area contributed by atoms with E-state index in [4.69, 9.17) is 20.8 Å². The van der Waals surface area contributed by atoms with Gasteiger partial charge in [0.2, 0.25) is 0 Å². The summed E-state index contributed by atoms with van der Waals surface area (Å²) in [5, 5.41) is 6.30. The van der Waals surface area contributed by atoms with Crippen LogP contribution in [0, 0.1) is 0 Å². The summed E-state index contributed by atoms with van der Waals surface area (Å²) in [5.41, 5.74) is 2.44. The molecule has 2 amide bonds. The molecule has 114 valence electrons. The second-order valence-electron chi connectivity index (χ2n) is 4.02. The zero-order valence-electron chi connectivity index (χ0n) is 11.5. The number of amides is 2. The number of halogens is 1. The van der Waals surface area contributed by atoms with Crippen LogP contribution in [0.1, 0.15) is 5.76 Å². The molecule has 1 aromatic heterocycles. The number of ether oxygens (including phenoxy) is 1. The predicted molar refractivity (Wildman–Crippen MR) is 81.1 cm³/mol. The molecule has 8 heteroatoms. The van der Waals surface area contributed by atoms with Crippen molar-refractivity contribution in [1.29, 1.82) is 0 Å². The van der Waals surface area contributed by atoms with E-state index >= 15 is 0 Å². The topological polar surface area (TPSA) is 92.9 Å². The number of hydrazone groups is 1. The van der Waals surface area contributed by atoms with Crippen LogP contribution in [0.25, 0.3) is 0 Å². The first-order chi connectivity index (χ1) is 10.6. The average Bonchev–Trinajstić information content (AvgIpc) is 3.00. The molecule has 2 aromatic rings. The Morgan fingerprint density at radius 1 is 1.32 bits per heavy atom. The van der Waals surface area contributed by atoms with E-state index in [9.17, 15) is 9.59 Å². The van der Waals surface area contributed by atoms with E-state index < -0.39 is 11.8 Å². The van der Waals surface area contributed by atoms with Gasteiger partial charge in [-0.1, -0.05) is 11.6 Å². The van der Waals surface area contributed by atoms with Gasteiger partial charge in [0, 0.05) is 5.69 Å². The number of rotatable bonds is 4. The smallest absolute Gasteiger partial charge is 0.329 e. The normalized spacial score (nSPS) is 10.5. The van der Waals surface area contributed by atoms with Gasteiger partial charge in [-0.2, -0.15) is 5.10 Å². The molecule has 0 fully saturated rings. The standard InChI is InChI=1S/C14H12ClN3O4/c1-21-12-5-4-9(7-11(12)15)17-13(19)14(20)18-16-8-10-3-2-6-22-10/h2-8H,1H3,(H,17,19)(H,18,20)/b16-8-. The first-order valence-corrected chi connectivity index (χ1v) is 6.49. The monoisotopic (exact) mass is 321 g/mol. The lowest BCUT2D eigenvalue weighted by Gasteiger charge is -2.07. The highest BCUT2D eigenvalue weighted by atomic mass is 35.5. The molecule has 22 heavy (non-hydrogen) atoms. The SMILES string of the molecule is COc1ccc(NC(=O)C(=O)N/N=C\c2ccco2)cc1Cl. The lowest BCUT2D eigenvalue weighted by atomic mass is 10.3. The number of benzene rings is 1. The third kappa shape index (κ3) is 4.10. The zero-order chi connectivity index (χ0) is 15.9. The Hall–Kier alpha value is -2.80. The minimum Gasteiger partial charge on any atom is -0.495 e.